The van der Waals surface area contributed by atoms with Crippen molar-refractivity contribution in [3.8, 4) is 0 Å². The fourth-order valence-electron chi connectivity index (χ4n) is 4.75. The molecule has 3 atom stereocenters. The van der Waals surface area contributed by atoms with Gasteiger partial charge in [-0.05, 0) is 68.3 Å². The normalized spacial score (nSPS) is 20.1. The minimum Gasteiger partial charge on any atom is -0.330 e. The van der Waals surface area contributed by atoms with Gasteiger partial charge >= 0.3 is 0 Å². The maximum absolute atomic E-state index is 9.30. The number of aryl methyl sites for hydroxylation is 1. The summed E-state index contributed by atoms with van der Waals surface area (Å²) >= 11 is 7.87. The third kappa shape index (κ3) is 4.51. The van der Waals surface area contributed by atoms with E-state index in [2.05, 4.69) is 52.1 Å². The number of benzene rings is 1. The van der Waals surface area contributed by atoms with Gasteiger partial charge in [-0.2, -0.15) is 0 Å². The lowest BCUT2D eigenvalue weighted by molar-refractivity contribution is 0.176. The molecule has 5 nitrogen and oxygen atoms in total. The number of anilines is 1. The van der Waals surface area contributed by atoms with Crippen molar-refractivity contribution in [2.24, 2.45) is 17.1 Å². The lowest BCUT2D eigenvalue weighted by atomic mass is 9.71. The van der Waals surface area contributed by atoms with Gasteiger partial charge < -0.3 is 5.73 Å². The molecule has 0 spiro atoms. The molecule has 1 aromatic heterocycles. The number of amidine groups is 2. The van der Waals surface area contributed by atoms with Gasteiger partial charge in [-0.3, -0.25) is 21.0 Å². The highest BCUT2D eigenvalue weighted by Crippen LogP contribution is 2.46. The number of halogens is 1. The van der Waals surface area contributed by atoms with Gasteiger partial charge in [0, 0.05) is 15.5 Å². The summed E-state index contributed by atoms with van der Waals surface area (Å²) in [4.78, 5) is 3.05. The number of fused-ring (bicyclic) bond motifs is 1. The van der Waals surface area contributed by atoms with Gasteiger partial charge in [-0.15, -0.1) is 11.3 Å². The Balaban J connectivity index is 2.26. The van der Waals surface area contributed by atoms with E-state index < -0.39 is 0 Å². The van der Waals surface area contributed by atoms with Crippen LogP contribution in [0.15, 0.2) is 24.3 Å². The van der Waals surface area contributed by atoms with E-state index in [4.69, 9.17) is 22.7 Å². The van der Waals surface area contributed by atoms with Crippen LogP contribution in [0, 0.1) is 36.0 Å². The van der Waals surface area contributed by atoms with Crippen LogP contribution in [0.3, 0.4) is 0 Å². The lowest BCUT2D eigenvalue weighted by Crippen LogP contribution is -2.55. The first-order valence-electron chi connectivity index (χ1n) is 11.3. The Labute approximate surface area is 201 Å². The Kier molecular flexibility index (Phi) is 7.50. The number of rotatable bonds is 6. The molecule has 0 saturated heterocycles. The molecule has 3 rings (SSSR count). The van der Waals surface area contributed by atoms with Crippen LogP contribution < -0.4 is 16.0 Å². The van der Waals surface area contributed by atoms with Crippen molar-refractivity contribution in [1.29, 1.82) is 10.8 Å². The second kappa shape index (κ2) is 9.64. The van der Waals surface area contributed by atoms with E-state index >= 15 is 0 Å². The minimum absolute atomic E-state index is 0.102. The minimum atomic E-state index is -0.242. The predicted molar refractivity (Wildman–Crippen MR) is 139 cm³/mol. The van der Waals surface area contributed by atoms with Gasteiger partial charge in [0.2, 0.25) is 0 Å². The Bertz CT molecular complexity index is 995. The van der Waals surface area contributed by atoms with Crippen molar-refractivity contribution in [1.82, 2.24) is 5.32 Å². The van der Waals surface area contributed by atoms with E-state index in [1.165, 1.54) is 10.4 Å². The zero-order chi connectivity index (χ0) is 23.8. The first kappa shape index (κ1) is 24.9. The molecule has 1 aliphatic heterocycles. The molecule has 3 unspecified atom stereocenters. The average Bonchev–Trinajstić information content (AvgIpc) is 2.95. The van der Waals surface area contributed by atoms with Crippen LogP contribution in [0.4, 0.5) is 5.00 Å². The average molecular weight is 474 g/mol. The second-order valence-corrected chi connectivity index (χ2v) is 11.2. The maximum atomic E-state index is 9.30. The van der Waals surface area contributed by atoms with E-state index in [1.807, 2.05) is 17.0 Å². The smallest absolute Gasteiger partial charge is 0.124 e. The van der Waals surface area contributed by atoms with Gasteiger partial charge in [-0.1, -0.05) is 50.9 Å². The van der Waals surface area contributed by atoms with Gasteiger partial charge in [0.25, 0.3) is 0 Å². The van der Waals surface area contributed by atoms with Crippen LogP contribution in [-0.2, 0) is 0 Å². The van der Waals surface area contributed by atoms with Crippen LogP contribution in [0.25, 0.3) is 0 Å². The number of thiophene rings is 1. The van der Waals surface area contributed by atoms with Gasteiger partial charge in [-0.25, -0.2) is 0 Å². The van der Waals surface area contributed by atoms with Crippen LogP contribution in [0.2, 0.25) is 5.02 Å². The van der Waals surface area contributed by atoms with Gasteiger partial charge in [0.15, 0.2) is 0 Å². The Morgan fingerprint density at radius 1 is 1.28 bits per heavy atom. The van der Waals surface area contributed by atoms with Crippen molar-refractivity contribution in [2.45, 2.75) is 66.5 Å². The summed E-state index contributed by atoms with van der Waals surface area (Å²) < 4.78 is 0. The number of hydrogen-bond acceptors (Lipinski definition) is 5. The second-order valence-electron chi connectivity index (χ2n) is 9.52. The van der Waals surface area contributed by atoms with Crippen molar-refractivity contribution in [3.63, 3.8) is 0 Å². The number of nitrogens with zero attached hydrogens (tertiary/aromatic N) is 1. The fourth-order valence-corrected chi connectivity index (χ4v) is 6.14. The van der Waals surface area contributed by atoms with E-state index in [-0.39, 0.29) is 23.4 Å². The molecule has 7 heteroatoms. The summed E-state index contributed by atoms with van der Waals surface area (Å²) in [6.07, 6.45) is 1.96. The largest absolute Gasteiger partial charge is 0.330 e. The Morgan fingerprint density at radius 2 is 1.91 bits per heavy atom. The molecule has 0 fully saturated rings. The van der Waals surface area contributed by atoms with Crippen LogP contribution in [-0.4, -0.2) is 24.3 Å². The van der Waals surface area contributed by atoms with E-state index in [0.29, 0.717) is 23.2 Å². The zero-order valence-corrected chi connectivity index (χ0v) is 21.5. The summed E-state index contributed by atoms with van der Waals surface area (Å²) in [6, 6.07) is 7.62. The van der Waals surface area contributed by atoms with E-state index in [9.17, 15) is 5.41 Å². The van der Waals surface area contributed by atoms with Crippen LogP contribution >= 0.6 is 22.9 Å². The molecule has 2 heterocycles. The lowest BCUT2D eigenvalue weighted by Gasteiger charge is -2.41. The predicted octanol–water partition coefficient (Wildman–Crippen LogP) is 6.26. The third-order valence-corrected chi connectivity index (χ3v) is 8.32. The van der Waals surface area contributed by atoms with Crippen LogP contribution in [0.5, 0.6) is 0 Å². The molecular weight excluding hydrogens is 438 g/mol. The Morgan fingerprint density at radius 3 is 2.44 bits per heavy atom. The molecule has 0 saturated carbocycles. The van der Waals surface area contributed by atoms with E-state index in [1.54, 1.807) is 18.3 Å². The Hall–Kier alpha value is -1.73. The van der Waals surface area contributed by atoms with Gasteiger partial charge in [0.1, 0.15) is 16.7 Å². The van der Waals surface area contributed by atoms with Crippen molar-refractivity contribution >= 4 is 39.6 Å². The summed E-state index contributed by atoms with van der Waals surface area (Å²) in [5.41, 5.74) is 9.54. The van der Waals surface area contributed by atoms with E-state index in [0.717, 1.165) is 29.0 Å². The first-order valence-corrected chi connectivity index (χ1v) is 12.5. The van der Waals surface area contributed by atoms with Crippen molar-refractivity contribution in [3.05, 3.63) is 50.9 Å². The number of hydrogen-bond donors (Lipinski definition) is 4. The molecule has 1 aromatic carbocycles. The monoisotopic (exact) mass is 473 g/mol. The summed E-state index contributed by atoms with van der Waals surface area (Å²) in [5, 5.41) is 23.4. The standard InChI is InChI=1S/C25H36ClN5S/c1-7-8-19(25(5,6)13-27)22-23(29)31(16(4)28)24-20(14(2)15(3)32-24)21(30-22)17-9-11-18(26)12-10-17/h9-12,19,21-22,28-30H,7-8,13,27H2,1-6H3. The van der Waals surface area contributed by atoms with Gasteiger partial charge in [0.05, 0.1) is 12.1 Å². The summed E-state index contributed by atoms with van der Waals surface area (Å²) in [7, 11) is 0. The maximum Gasteiger partial charge on any atom is 0.124 e. The third-order valence-electron chi connectivity index (χ3n) is 6.86. The quantitative estimate of drug-likeness (QED) is 0.294. The highest BCUT2D eigenvalue weighted by molar-refractivity contribution is 7.17. The topological polar surface area (TPSA) is 89.0 Å². The molecule has 0 bridgehead atoms. The SMILES string of the molecule is CCCC(C1NC(c2ccc(Cl)cc2)c2c(sc(C)c2C)N(C(C)=N)C1=N)C(C)(C)CN. The molecule has 0 amide bonds. The summed E-state index contributed by atoms with van der Waals surface area (Å²) in [6.45, 7) is 13.1. The highest BCUT2D eigenvalue weighted by atomic mass is 35.5. The fraction of sp³-hybridized carbons (Fsp3) is 0.520. The van der Waals surface area contributed by atoms with Crippen molar-refractivity contribution < 1.29 is 0 Å². The molecule has 2 aromatic rings. The number of nitrogens with one attached hydrogen (secondary N) is 3. The zero-order valence-electron chi connectivity index (χ0n) is 20.0. The molecule has 0 radical (unpaired) electrons. The number of nitrogens with two attached hydrogens (primary N) is 1. The van der Waals surface area contributed by atoms with Crippen LogP contribution in [0.1, 0.15) is 68.1 Å². The molecule has 32 heavy (non-hydrogen) atoms. The van der Waals surface area contributed by atoms with Crippen molar-refractivity contribution in [2.75, 3.05) is 11.4 Å². The summed E-state index contributed by atoms with van der Waals surface area (Å²) in [5.74, 6) is 0.940. The molecule has 5 N–H and O–H groups in total. The molecule has 174 valence electrons. The molecular formula is C25H36ClN5S. The molecule has 0 aliphatic carbocycles. The molecule has 1 aliphatic rings. The highest BCUT2D eigenvalue weighted by Gasteiger charge is 2.43. The first-order chi connectivity index (χ1) is 15.0.